The highest BCUT2D eigenvalue weighted by Crippen LogP contribution is 2.44. The molecule has 288 valence electrons. The van der Waals surface area contributed by atoms with Gasteiger partial charge in [0.2, 0.25) is 0 Å². The van der Waals surface area contributed by atoms with E-state index in [1.54, 1.807) is 0 Å². The van der Waals surface area contributed by atoms with Gasteiger partial charge in [0.1, 0.15) is 11.2 Å². The van der Waals surface area contributed by atoms with Gasteiger partial charge in [0.05, 0.1) is 16.7 Å². The fourth-order valence-corrected chi connectivity index (χ4v) is 9.48. The van der Waals surface area contributed by atoms with Crippen molar-refractivity contribution >= 4 is 76.1 Å². The number of hydrogen-bond acceptors (Lipinski definition) is 4. The third-order valence-electron chi connectivity index (χ3n) is 12.4. The highest BCUT2D eigenvalue weighted by molar-refractivity contribution is 6.24. The van der Waals surface area contributed by atoms with Crippen molar-refractivity contribution in [1.29, 1.82) is 0 Å². The average molecular weight is 791 g/mol. The van der Waals surface area contributed by atoms with E-state index in [1.807, 2.05) is 36.4 Å². The fourth-order valence-electron chi connectivity index (χ4n) is 9.48. The number of hydrogen-bond donors (Lipinski definition) is 0. The zero-order valence-electron chi connectivity index (χ0n) is 33.3. The Hall–Kier alpha value is -8.41. The van der Waals surface area contributed by atoms with E-state index in [2.05, 4.69) is 174 Å². The SMILES string of the molecule is c1ccc(-c2cccc(-c3nc(-c4ccccc4)nc(-c4ccc5c(c4)oc4cc(-n6c7cc8ccccc8cc7c7ccc8ccccc8c76)c6ccccc6c45)n3)c2)cc1. The molecule has 62 heavy (non-hydrogen) atoms. The normalized spacial score (nSPS) is 11.9. The molecule has 3 aromatic heterocycles. The van der Waals surface area contributed by atoms with Gasteiger partial charge in [0, 0.05) is 55.1 Å². The summed E-state index contributed by atoms with van der Waals surface area (Å²) in [5, 5.41) is 11.7. The van der Waals surface area contributed by atoms with Crippen LogP contribution in [0, 0.1) is 0 Å². The van der Waals surface area contributed by atoms with Crippen LogP contribution >= 0.6 is 0 Å². The van der Waals surface area contributed by atoms with E-state index in [0.29, 0.717) is 17.5 Å². The van der Waals surface area contributed by atoms with Crippen molar-refractivity contribution in [2.75, 3.05) is 0 Å². The minimum absolute atomic E-state index is 0.580. The Morgan fingerprint density at radius 3 is 1.68 bits per heavy atom. The molecule has 0 aliphatic carbocycles. The number of fused-ring (bicyclic) bond motifs is 11. The summed E-state index contributed by atoms with van der Waals surface area (Å²) in [5.41, 5.74) is 9.94. The maximum absolute atomic E-state index is 6.95. The maximum atomic E-state index is 6.95. The van der Waals surface area contributed by atoms with Gasteiger partial charge in [-0.2, -0.15) is 0 Å². The third-order valence-corrected chi connectivity index (χ3v) is 12.4. The molecule has 0 amide bonds. The van der Waals surface area contributed by atoms with E-state index in [0.717, 1.165) is 71.7 Å². The molecule has 0 fully saturated rings. The van der Waals surface area contributed by atoms with Crippen LogP contribution in [0.15, 0.2) is 211 Å². The molecule has 0 atom stereocenters. The molecule has 0 saturated heterocycles. The second-order valence-electron chi connectivity index (χ2n) is 16.0. The van der Waals surface area contributed by atoms with E-state index < -0.39 is 0 Å². The van der Waals surface area contributed by atoms with E-state index in [1.165, 1.54) is 37.8 Å². The number of furan rings is 1. The van der Waals surface area contributed by atoms with Crippen molar-refractivity contribution in [3.05, 3.63) is 206 Å². The molecular weight excluding hydrogens is 757 g/mol. The van der Waals surface area contributed by atoms with E-state index >= 15 is 0 Å². The van der Waals surface area contributed by atoms with Crippen LogP contribution < -0.4 is 0 Å². The zero-order chi connectivity index (χ0) is 40.7. The molecule has 3 heterocycles. The number of rotatable bonds is 5. The van der Waals surface area contributed by atoms with Crippen LogP contribution in [0.4, 0.5) is 0 Å². The molecule has 0 unspecified atom stereocenters. The number of aromatic nitrogens is 4. The molecular formula is C57H34N4O. The smallest absolute Gasteiger partial charge is 0.164 e. The standard InChI is InChI=1S/C57H34N4O/c1-3-14-35(15-4-1)38-21-13-22-41(30-38)56-58-55(37-17-5-2-6-18-37)59-57(60-56)42-27-29-47-51(33-42)62-52-34-50(44-24-11-12-25-45(44)53(47)52)61-49-32-40-20-8-7-19-39(40)31-48(49)46-28-26-36-16-9-10-23-43(36)54(46)61/h1-34H. The molecule has 10 aromatic carbocycles. The molecule has 13 rings (SSSR count). The van der Waals surface area contributed by atoms with Crippen LogP contribution in [0.3, 0.4) is 0 Å². The lowest BCUT2D eigenvalue weighted by Crippen LogP contribution is -2.00. The van der Waals surface area contributed by atoms with Gasteiger partial charge in [0.25, 0.3) is 0 Å². The van der Waals surface area contributed by atoms with Crippen molar-refractivity contribution < 1.29 is 4.42 Å². The monoisotopic (exact) mass is 790 g/mol. The molecule has 0 spiro atoms. The highest BCUT2D eigenvalue weighted by atomic mass is 16.3. The summed E-state index contributed by atoms with van der Waals surface area (Å²) in [4.78, 5) is 15.2. The molecule has 0 aliphatic rings. The Kier molecular flexibility index (Phi) is 7.54. The first kappa shape index (κ1) is 34.5. The first-order valence-electron chi connectivity index (χ1n) is 20.9. The summed E-state index contributed by atoms with van der Waals surface area (Å²) in [6, 6.07) is 72.7. The molecule has 0 aliphatic heterocycles. The Morgan fingerprint density at radius 1 is 0.323 bits per heavy atom. The van der Waals surface area contributed by atoms with Crippen molar-refractivity contribution in [1.82, 2.24) is 19.5 Å². The quantitative estimate of drug-likeness (QED) is 0.174. The lowest BCUT2D eigenvalue weighted by Gasteiger charge is -2.14. The van der Waals surface area contributed by atoms with Crippen LogP contribution in [0.1, 0.15) is 0 Å². The predicted octanol–water partition coefficient (Wildman–Crippen LogP) is 15.0. The third kappa shape index (κ3) is 5.38. The maximum Gasteiger partial charge on any atom is 0.164 e. The summed E-state index contributed by atoms with van der Waals surface area (Å²) >= 11 is 0. The van der Waals surface area contributed by atoms with Crippen LogP contribution in [0.25, 0.3) is 127 Å². The first-order chi connectivity index (χ1) is 30.7. The number of nitrogens with zero attached hydrogens (tertiary/aromatic N) is 4. The van der Waals surface area contributed by atoms with Crippen molar-refractivity contribution in [2.24, 2.45) is 0 Å². The van der Waals surface area contributed by atoms with E-state index in [-0.39, 0.29) is 0 Å². The average Bonchev–Trinajstić information content (AvgIpc) is 3.88. The lowest BCUT2D eigenvalue weighted by atomic mass is 10.0. The summed E-state index contributed by atoms with van der Waals surface area (Å²) in [7, 11) is 0. The summed E-state index contributed by atoms with van der Waals surface area (Å²) in [5.74, 6) is 1.80. The van der Waals surface area contributed by atoms with E-state index in [9.17, 15) is 0 Å². The van der Waals surface area contributed by atoms with Gasteiger partial charge in [-0.05, 0) is 63.0 Å². The fraction of sp³-hybridized carbons (Fsp3) is 0. The molecule has 0 bridgehead atoms. The minimum atomic E-state index is 0.580. The van der Waals surface area contributed by atoms with Gasteiger partial charge < -0.3 is 8.98 Å². The minimum Gasteiger partial charge on any atom is -0.456 e. The van der Waals surface area contributed by atoms with Gasteiger partial charge in [-0.1, -0.05) is 170 Å². The second-order valence-corrected chi connectivity index (χ2v) is 16.0. The van der Waals surface area contributed by atoms with Crippen LogP contribution in [-0.2, 0) is 0 Å². The molecule has 13 aromatic rings. The van der Waals surface area contributed by atoms with Crippen molar-refractivity contribution in [3.63, 3.8) is 0 Å². The van der Waals surface area contributed by atoms with Crippen molar-refractivity contribution in [3.8, 4) is 51.0 Å². The second kappa shape index (κ2) is 13.6. The Morgan fingerprint density at radius 2 is 0.903 bits per heavy atom. The Balaban J connectivity index is 1.03. The molecule has 5 nitrogen and oxygen atoms in total. The zero-order valence-corrected chi connectivity index (χ0v) is 33.3. The summed E-state index contributed by atoms with van der Waals surface area (Å²) in [6.07, 6.45) is 0. The summed E-state index contributed by atoms with van der Waals surface area (Å²) < 4.78 is 9.42. The highest BCUT2D eigenvalue weighted by Gasteiger charge is 2.22. The van der Waals surface area contributed by atoms with Crippen LogP contribution in [0.2, 0.25) is 0 Å². The summed E-state index contributed by atoms with van der Waals surface area (Å²) in [6.45, 7) is 0. The lowest BCUT2D eigenvalue weighted by molar-refractivity contribution is 0.669. The Labute approximate surface area is 355 Å². The van der Waals surface area contributed by atoms with Crippen LogP contribution in [-0.4, -0.2) is 19.5 Å². The number of benzene rings is 10. The topological polar surface area (TPSA) is 56.7 Å². The molecule has 0 saturated carbocycles. The predicted molar refractivity (Wildman–Crippen MR) is 256 cm³/mol. The Bertz CT molecular complexity index is 3920. The first-order valence-corrected chi connectivity index (χ1v) is 20.9. The molecule has 0 N–H and O–H groups in total. The van der Waals surface area contributed by atoms with Crippen molar-refractivity contribution in [2.45, 2.75) is 0 Å². The van der Waals surface area contributed by atoms with Gasteiger partial charge in [0.15, 0.2) is 17.5 Å². The van der Waals surface area contributed by atoms with Gasteiger partial charge in [-0.15, -0.1) is 0 Å². The van der Waals surface area contributed by atoms with E-state index in [4.69, 9.17) is 19.4 Å². The molecule has 5 heteroatoms. The molecule has 0 radical (unpaired) electrons. The largest absolute Gasteiger partial charge is 0.456 e. The van der Waals surface area contributed by atoms with Crippen LogP contribution in [0.5, 0.6) is 0 Å². The van der Waals surface area contributed by atoms with Gasteiger partial charge in [-0.3, -0.25) is 0 Å². The van der Waals surface area contributed by atoms with Gasteiger partial charge in [-0.25, -0.2) is 15.0 Å². The van der Waals surface area contributed by atoms with Gasteiger partial charge >= 0.3 is 0 Å².